The van der Waals surface area contributed by atoms with E-state index in [1.54, 1.807) is 0 Å². The average molecular weight is 266 g/mol. The van der Waals surface area contributed by atoms with Crippen LogP contribution in [-0.4, -0.2) is 14.9 Å². The fourth-order valence-electron chi connectivity index (χ4n) is 1.81. The molecule has 0 aliphatic carbocycles. The maximum absolute atomic E-state index is 6.14. The van der Waals surface area contributed by atoms with Crippen LogP contribution in [0.1, 0.15) is 30.9 Å². The minimum absolute atomic E-state index is 0.109. The SMILES string of the molecule is C[Si](C)(C)Oc1ccc([C@@H](N)CCCCN)cc1. The normalized spacial score (nSPS) is 13.4. The molecule has 0 saturated heterocycles. The number of hydrogen-bond donors (Lipinski definition) is 2. The molecule has 0 aromatic heterocycles. The molecular weight excluding hydrogens is 240 g/mol. The van der Waals surface area contributed by atoms with Crippen LogP contribution >= 0.6 is 0 Å². The van der Waals surface area contributed by atoms with Crippen molar-refractivity contribution < 1.29 is 4.43 Å². The summed E-state index contributed by atoms with van der Waals surface area (Å²) in [5.41, 5.74) is 12.8. The smallest absolute Gasteiger partial charge is 0.242 e. The van der Waals surface area contributed by atoms with Crippen LogP contribution in [0.25, 0.3) is 0 Å². The number of hydrogen-bond acceptors (Lipinski definition) is 3. The zero-order chi connectivity index (χ0) is 13.6. The third-order valence-corrected chi connectivity index (χ3v) is 3.55. The molecule has 0 aliphatic rings. The maximum Gasteiger partial charge on any atom is 0.242 e. The quantitative estimate of drug-likeness (QED) is 0.589. The van der Waals surface area contributed by atoms with Gasteiger partial charge in [-0.25, -0.2) is 0 Å². The van der Waals surface area contributed by atoms with Crippen molar-refractivity contribution in [2.45, 2.75) is 44.9 Å². The van der Waals surface area contributed by atoms with Gasteiger partial charge >= 0.3 is 0 Å². The van der Waals surface area contributed by atoms with E-state index in [1.807, 2.05) is 12.1 Å². The Balaban J connectivity index is 2.54. The third kappa shape index (κ3) is 5.66. The summed E-state index contributed by atoms with van der Waals surface area (Å²) in [6.45, 7) is 7.29. The molecule has 3 nitrogen and oxygen atoms in total. The summed E-state index contributed by atoms with van der Waals surface area (Å²) in [5.74, 6) is 0.951. The lowest BCUT2D eigenvalue weighted by Gasteiger charge is -2.20. The first kappa shape index (κ1) is 15.2. The molecule has 0 bridgehead atoms. The summed E-state index contributed by atoms with van der Waals surface area (Å²) < 4.78 is 5.92. The first-order valence-corrected chi connectivity index (χ1v) is 10.1. The molecule has 0 amide bonds. The Morgan fingerprint density at radius 2 is 1.72 bits per heavy atom. The summed E-state index contributed by atoms with van der Waals surface area (Å²) in [5, 5.41) is 0. The Kier molecular flexibility index (Phi) is 5.85. The lowest BCUT2D eigenvalue weighted by molar-refractivity contribution is 0.555. The molecule has 4 heteroatoms. The third-order valence-electron chi connectivity index (χ3n) is 2.70. The fraction of sp³-hybridized carbons (Fsp3) is 0.571. The van der Waals surface area contributed by atoms with Gasteiger partial charge in [0, 0.05) is 6.04 Å². The van der Waals surface area contributed by atoms with Gasteiger partial charge in [0.1, 0.15) is 5.75 Å². The molecule has 0 spiro atoms. The lowest BCUT2D eigenvalue weighted by Crippen LogP contribution is -2.29. The van der Waals surface area contributed by atoms with Gasteiger partial charge in [0.25, 0.3) is 0 Å². The topological polar surface area (TPSA) is 61.3 Å². The van der Waals surface area contributed by atoms with Gasteiger partial charge in [-0.1, -0.05) is 18.6 Å². The van der Waals surface area contributed by atoms with Crippen LogP contribution in [0.15, 0.2) is 24.3 Å². The first-order valence-electron chi connectivity index (χ1n) is 6.67. The summed E-state index contributed by atoms with van der Waals surface area (Å²) >= 11 is 0. The number of rotatable bonds is 7. The van der Waals surface area contributed by atoms with E-state index >= 15 is 0 Å². The van der Waals surface area contributed by atoms with Crippen molar-refractivity contribution in [3.05, 3.63) is 29.8 Å². The van der Waals surface area contributed by atoms with Crippen LogP contribution in [0.2, 0.25) is 19.6 Å². The van der Waals surface area contributed by atoms with Gasteiger partial charge in [-0.3, -0.25) is 0 Å². The van der Waals surface area contributed by atoms with Crippen molar-refractivity contribution in [3.8, 4) is 5.75 Å². The molecule has 0 heterocycles. The summed E-state index contributed by atoms with van der Waals surface area (Å²) in [6.07, 6.45) is 3.13. The Hall–Kier alpha value is -0.843. The van der Waals surface area contributed by atoms with Crippen LogP contribution < -0.4 is 15.9 Å². The molecule has 4 N–H and O–H groups in total. The maximum atomic E-state index is 6.14. The van der Waals surface area contributed by atoms with Gasteiger partial charge in [-0.2, -0.15) is 0 Å². The van der Waals surface area contributed by atoms with Crippen molar-refractivity contribution in [2.24, 2.45) is 11.5 Å². The second kappa shape index (κ2) is 6.92. The van der Waals surface area contributed by atoms with Gasteiger partial charge in [0.2, 0.25) is 8.32 Å². The molecule has 1 aromatic rings. The Labute approximate surface area is 112 Å². The first-order chi connectivity index (χ1) is 8.42. The van der Waals surface area contributed by atoms with Gasteiger partial charge < -0.3 is 15.9 Å². The molecule has 0 saturated carbocycles. The zero-order valence-corrected chi connectivity index (χ0v) is 12.8. The number of unbranched alkanes of at least 4 members (excludes halogenated alkanes) is 1. The van der Waals surface area contributed by atoms with Crippen molar-refractivity contribution in [3.63, 3.8) is 0 Å². The minimum atomic E-state index is -1.51. The Morgan fingerprint density at radius 1 is 1.11 bits per heavy atom. The molecular formula is C14H26N2OSi. The van der Waals surface area contributed by atoms with E-state index in [0.29, 0.717) is 0 Å². The highest BCUT2D eigenvalue weighted by Gasteiger charge is 2.16. The molecule has 1 aromatic carbocycles. The van der Waals surface area contributed by atoms with Crippen LogP contribution in [0.4, 0.5) is 0 Å². The van der Waals surface area contributed by atoms with E-state index in [4.69, 9.17) is 15.9 Å². The number of benzene rings is 1. The van der Waals surface area contributed by atoms with Crippen molar-refractivity contribution in [2.75, 3.05) is 6.54 Å². The second-order valence-corrected chi connectivity index (χ2v) is 10.1. The van der Waals surface area contributed by atoms with Gasteiger partial charge in [-0.15, -0.1) is 0 Å². The van der Waals surface area contributed by atoms with Crippen LogP contribution in [0.3, 0.4) is 0 Å². The van der Waals surface area contributed by atoms with E-state index < -0.39 is 8.32 Å². The molecule has 0 radical (unpaired) electrons. The standard InChI is InChI=1S/C14H26N2OSi/c1-18(2,3)17-13-9-7-12(8-10-13)14(16)6-4-5-11-15/h7-10,14H,4-6,11,15-16H2,1-3H3/t14-/m0/s1. The molecule has 102 valence electrons. The van der Waals surface area contributed by atoms with Crippen LogP contribution in [-0.2, 0) is 0 Å². The van der Waals surface area contributed by atoms with E-state index in [2.05, 4.69) is 31.8 Å². The van der Waals surface area contributed by atoms with E-state index in [9.17, 15) is 0 Å². The van der Waals surface area contributed by atoms with E-state index in [1.165, 1.54) is 5.56 Å². The Morgan fingerprint density at radius 3 is 2.22 bits per heavy atom. The van der Waals surface area contributed by atoms with Crippen LogP contribution in [0.5, 0.6) is 5.75 Å². The summed E-state index contributed by atoms with van der Waals surface area (Å²) in [6, 6.07) is 8.30. The van der Waals surface area contributed by atoms with E-state index in [0.717, 1.165) is 31.6 Å². The van der Waals surface area contributed by atoms with Crippen molar-refractivity contribution in [1.82, 2.24) is 0 Å². The van der Waals surface area contributed by atoms with Gasteiger partial charge in [0.05, 0.1) is 0 Å². The fourth-order valence-corrected chi connectivity index (χ4v) is 2.66. The monoisotopic (exact) mass is 266 g/mol. The predicted octanol–water partition coefficient (Wildman–Crippen LogP) is 3.03. The molecule has 0 unspecified atom stereocenters. The average Bonchev–Trinajstić information content (AvgIpc) is 2.28. The molecule has 1 atom stereocenters. The van der Waals surface area contributed by atoms with Crippen LogP contribution in [0, 0.1) is 0 Å². The second-order valence-electron chi connectivity index (χ2n) is 5.67. The predicted molar refractivity (Wildman–Crippen MR) is 80.2 cm³/mol. The number of nitrogens with two attached hydrogens (primary N) is 2. The van der Waals surface area contributed by atoms with Crippen molar-refractivity contribution in [1.29, 1.82) is 0 Å². The highest BCUT2D eigenvalue weighted by atomic mass is 28.4. The Bertz CT molecular complexity index is 346. The van der Waals surface area contributed by atoms with Crippen molar-refractivity contribution >= 4 is 8.32 Å². The lowest BCUT2D eigenvalue weighted by atomic mass is 10.0. The van der Waals surface area contributed by atoms with Gasteiger partial charge in [0.15, 0.2) is 0 Å². The largest absolute Gasteiger partial charge is 0.544 e. The highest BCUT2D eigenvalue weighted by molar-refractivity contribution is 6.70. The summed E-state index contributed by atoms with van der Waals surface area (Å²) in [7, 11) is -1.51. The molecule has 1 rings (SSSR count). The molecule has 0 aliphatic heterocycles. The molecule has 0 fully saturated rings. The minimum Gasteiger partial charge on any atom is -0.544 e. The zero-order valence-electron chi connectivity index (χ0n) is 11.8. The highest BCUT2D eigenvalue weighted by Crippen LogP contribution is 2.21. The van der Waals surface area contributed by atoms with Gasteiger partial charge in [-0.05, 0) is 56.7 Å². The summed E-state index contributed by atoms with van der Waals surface area (Å²) in [4.78, 5) is 0. The van der Waals surface area contributed by atoms with E-state index in [-0.39, 0.29) is 6.04 Å². The molecule has 18 heavy (non-hydrogen) atoms.